The van der Waals surface area contributed by atoms with Gasteiger partial charge in [-0.2, -0.15) is 13.2 Å². The van der Waals surface area contributed by atoms with Gasteiger partial charge in [0.2, 0.25) is 0 Å². The number of carbonyl (C=O) groups is 1. The Kier molecular flexibility index (Phi) is 5.95. The fourth-order valence-corrected chi connectivity index (χ4v) is 4.59. The quantitative estimate of drug-likeness (QED) is 0.458. The Bertz CT molecular complexity index is 516. The van der Waals surface area contributed by atoms with Crippen molar-refractivity contribution in [3.63, 3.8) is 0 Å². The molecule has 2 rings (SSSR count). The Labute approximate surface area is 148 Å². The van der Waals surface area contributed by atoms with Crippen molar-refractivity contribution in [3.8, 4) is 0 Å². The maximum atomic E-state index is 13.1. The van der Waals surface area contributed by atoms with E-state index in [9.17, 15) is 23.1 Å². The number of Topliss-reactive ketones (excluding diaryl/α,β-unsaturated/α-hetero) is 1. The first kappa shape index (κ1) is 20.3. The summed E-state index contributed by atoms with van der Waals surface area (Å²) in [5.41, 5.74) is -0.919. The van der Waals surface area contributed by atoms with Crippen molar-refractivity contribution in [1.82, 2.24) is 0 Å². The van der Waals surface area contributed by atoms with Crippen molar-refractivity contribution in [2.24, 2.45) is 16.7 Å². The van der Waals surface area contributed by atoms with Crippen LogP contribution in [0.15, 0.2) is 11.3 Å². The van der Waals surface area contributed by atoms with Crippen LogP contribution in [0.25, 0.3) is 0 Å². The van der Waals surface area contributed by atoms with Crippen LogP contribution in [0.5, 0.6) is 0 Å². The van der Waals surface area contributed by atoms with E-state index in [1.165, 1.54) is 6.92 Å². The number of halogens is 3. The van der Waals surface area contributed by atoms with E-state index < -0.39 is 18.0 Å². The Morgan fingerprint density at radius 1 is 1.04 bits per heavy atom. The average Bonchev–Trinajstić information content (AvgIpc) is 2.52. The number of carbonyl (C=O) groups excluding carboxylic acids is 1. The molecule has 0 atom stereocenters. The molecule has 0 radical (unpaired) electrons. The summed E-state index contributed by atoms with van der Waals surface area (Å²) in [6.07, 6.45) is 0.830. The maximum Gasteiger partial charge on any atom is 0.390 e. The molecule has 2 saturated carbocycles. The summed E-state index contributed by atoms with van der Waals surface area (Å²) >= 11 is 0. The minimum atomic E-state index is -4.34. The van der Waals surface area contributed by atoms with Crippen molar-refractivity contribution in [2.75, 3.05) is 0 Å². The molecule has 0 amide bonds. The van der Waals surface area contributed by atoms with E-state index in [1.54, 1.807) is 0 Å². The minimum absolute atomic E-state index is 0.153. The van der Waals surface area contributed by atoms with Gasteiger partial charge in [0.25, 0.3) is 0 Å². The van der Waals surface area contributed by atoms with Gasteiger partial charge >= 0.3 is 6.18 Å². The summed E-state index contributed by atoms with van der Waals surface area (Å²) in [6, 6.07) is 0. The summed E-state index contributed by atoms with van der Waals surface area (Å²) in [4.78, 5) is 12.8. The molecule has 0 aromatic carbocycles. The predicted octanol–water partition coefficient (Wildman–Crippen LogP) is 6.51. The SMILES string of the molecule is CC(C(=O)C1CCC(C)(C)CC1)=C(O)C1(CC(F)(F)F)CCCCC1. The van der Waals surface area contributed by atoms with E-state index in [1.807, 2.05) is 0 Å². The third-order valence-electron chi connectivity index (χ3n) is 6.29. The van der Waals surface area contributed by atoms with Crippen LogP contribution in [0.2, 0.25) is 0 Å². The van der Waals surface area contributed by atoms with E-state index in [0.717, 1.165) is 32.1 Å². The van der Waals surface area contributed by atoms with Crippen LogP contribution in [0.4, 0.5) is 13.2 Å². The predicted molar refractivity (Wildman–Crippen MR) is 92.3 cm³/mol. The summed E-state index contributed by atoms with van der Waals surface area (Å²) in [7, 11) is 0. The lowest BCUT2D eigenvalue weighted by Crippen LogP contribution is -2.35. The van der Waals surface area contributed by atoms with Gasteiger partial charge in [-0.1, -0.05) is 33.1 Å². The number of hydrogen-bond acceptors (Lipinski definition) is 2. The molecule has 5 heteroatoms. The second-order valence-corrected chi connectivity index (χ2v) is 8.91. The van der Waals surface area contributed by atoms with Gasteiger partial charge in [-0.15, -0.1) is 0 Å². The van der Waals surface area contributed by atoms with Gasteiger partial charge in [0, 0.05) is 16.9 Å². The van der Waals surface area contributed by atoms with Crippen molar-refractivity contribution in [3.05, 3.63) is 11.3 Å². The maximum absolute atomic E-state index is 13.1. The molecule has 2 nitrogen and oxygen atoms in total. The van der Waals surface area contributed by atoms with Crippen molar-refractivity contribution in [2.45, 2.75) is 91.2 Å². The van der Waals surface area contributed by atoms with E-state index in [0.29, 0.717) is 25.7 Å². The summed E-state index contributed by atoms with van der Waals surface area (Å²) in [5, 5.41) is 10.7. The molecule has 0 aromatic heterocycles. The van der Waals surface area contributed by atoms with Crippen molar-refractivity contribution in [1.29, 1.82) is 0 Å². The zero-order valence-corrected chi connectivity index (χ0v) is 15.6. The number of ketones is 1. The van der Waals surface area contributed by atoms with Crippen LogP contribution < -0.4 is 0 Å². The lowest BCUT2D eigenvalue weighted by molar-refractivity contribution is -0.162. The molecule has 25 heavy (non-hydrogen) atoms. The van der Waals surface area contributed by atoms with Crippen LogP contribution in [-0.4, -0.2) is 17.1 Å². The van der Waals surface area contributed by atoms with Gasteiger partial charge in [0.15, 0.2) is 5.78 Å². The molecule has 1 N–H and O–H groups in total. The van der Waals surface area contributed by atoms with Crippen LogP contribution in [-0.2, 0) is 4.79 Å². The third-order valence-corrected chi connectivity index (χ3v) is 6.29. The summed E-state index contributed by atoms with van der Waals surface area (Å²) in [6.45, 7) is 5.87. The number of hydrogen-bond donors (Lipinski definition) is 1. The normalized spacial score (nSPS) is 25.4. The van der Waals surface area contributed by atoms with Gasteiger partial charge in [0.05, 0.1) is 6.42 Å². The van der Waals surface area contributed by atoms with Crippen LogP contribution in [0, 0.1) is 16.7 Å². The molecule has 0 bridgehead atoms. The molecular weight excluding hydrogens is 329 g/mol. The standard InChI is InChI=1S/C20H31F3O2/c1-14(16(24)15-7-11-18(2,3)12-8-15)17(25)19(13-20(21,22)23)9-5-4-6-10-19/h15,25H,4-13H2,1-3H3. The molecule has 0 aliphatic heterocycles. The molecule has 2 aliphatic rings. The van der Waals surface area contributed by atoms with E-state index in [-0.39, 0.29) is 28.4 Å². The van der Waals surface area contributed by atoms with Crippen LogP contribution >= 0.6 is 0 Å². The molecule has 0 spiro atoms. The van der Waals surface area contributed by atoms with Gasteiger partial charge in [-0.3, -0.25) is 4.79 Å². The summed E-state index contributed by atoms with van der Waals surface area (Å²) < 4.78 is 39.4. The highest BCUT2D eigenvalue weighted by molar-refractivity contribution is 5.97. The van der Waals surface area contributed by atoms with E-state index >= 15 is 0 Å². The fourth-order valence-electron chi connectivity index (χ4n) is 4.59. The van der Waals surface area contributed by atoms with Gasteiger partial charge in [-0.05, 0) is 50.9 Å². The van der Waals surface area contributed by atoms with Gasteiger partial charge in [-0.25, -0.2) is 0 Å². The highest BCUT2D eigenvalue weighted by Crippen LogP contribution is 2.50. The highest BCUT2D eigenvalue weighted by atomic mass is 19.4. The van der Waals surface area contributed by atoms with E-state index in [2.05, 4.69) is 13.8 Å². The second-order valence-electron chi connectivity index (χ2n) is 8.91. The monoisotopic (exact) mass is 360 g/mol. The summed E-state index contributed by atoms with van der Waals surface area (Å²) in [5.74, 6) is -0.610. The van der Waals surface area contributed by atoms with Crippen molar-refractivity contribution < 1.29 is 23.1 Å². The molecule has 144 valence electrons. The highest BCUT2D eigenvalue weighted by Gasteiger charge is 2.47. The lowest BCUT2D eigenvalue weighted by atomic mass is 9.67. The molecule has 0 heterocycles. The Balaban J connectivity index is 2.23. The topological polar surface area (TPSA) is 37.3 Å². The van der Waals surface area contributed by atoms with Crippen molar-refractivity contribution >= 4 is 5.78 Å². The number of aliphatic hydroxyl groups is 1. The van der Waals surface area contributed by atoms with Crippen LogP contribution in [0.3, 0.4) is 0 Å². The number of allylic oxidation sites excluding steroid dienone is 2. The van der Waals surface area contributed by atoms with Gasteiger partial charge < -0.3 is 5.11 Å². The molecule has 0 unspecified atom stereocenters. The molecular formula is C20H31F3O2. The third kappa shape index (κ3) is 5.01. The first-order chi connectivity index (χ1) is 11.5. The zero-order valence-electron chi connectivity index (χ0n) is 15.6. The first-order valence-corrected chi connectivity index (χ1v) is 9.47. The largest absolute Gasteiger partial charge is 0.511 e. The number of aliphatic hydroxyl groups excluding tert-OH is 1. The molecule has 0 aromatic rings. The average molecular weight is 360 g/mol. The zero-order chi connectivity index (χ0) is 18.9. The van der Waals surface area contributed by atoms with E-state index in [4.69, 9.17) is 0 Å². The molecule has 2 fully saturated rings. The Morgan fingerprint density at radius 3 is 2.04 bits per heavy atom. The van der Waals surface area contributed by atoms with Gasteiger partial charge in [0.1, 0.15) is 5.76 Å². The Morgan fingerprint density at radius 2 is 1.56 bits per heavy atom. The number of rotatable bonds is 4. The second kappa shape index (κ2) is 7.32. The minimum Gasteiger partial charge on any atom is -0.511 e. The lowest BCUT2D eigenvalue weighted by Gasteiger charge is -2.39. The fraction of sp³-hybridized carbons (Fsp3) is 0.850. The molecule has 0 saturated heterocycles. The van der Waals surface area contributed by atoms with Crippen LogP contribution in [0.1, 0.15) is 85.0 Å². The Hall–Kier alpha value is -1.00. The smallest absolute Gasteiger partial charge is 0.390 e. The molecule has 2 aliphatic carbocycles. The number of alkyl halides is 3. The first-order valence-electron chi connectivity index (χ1n) is 9.47.